The standard InChI is InChI=1S/C27H26O8/c1-17(16-33-2)23(29)12-14-25(24-13-11-18(15-28)34-24)35-27(32)22-10-6-4-8-20(22)19-7-3-5-9-21(19)26(30)31/h3-11,13,25,28H,1,12,14-16H2,2H3,(H,30,31)/t25-/m0/s1. The number of carbonyl (C=O) groups excluding carboxylic acids is 2. The molecule has 182 valence electrons. The first-order chi connectivity index (χ1) is 16.8. The number of aromatic carboxylic acids is 1. The molecule has 3 rings (SSSR count). The first-order valence-electron chi connectivity index (χ1n) is 10.9. The zero-order valence-corrected chi connectivity index (χ0v) is 19.2. The van der Waals surface area contributed by atoms with Crippen LogP contribution in [0.1, 0.15) is 51.2 Å². The Bertz CT molecular complexity index is 1220. The third kappa shape index (κ3) is 6.32. The largest absolute Gasteiger partial charge is 0.478 e. The highest BCUT2D eigenvalue weighted by molar-refractivity contribution is 6.02. The first kappa shape index (κ1) is 25.6. The highest BCUT2D eigenvalue weighted by atomic mass is 16.6. The minimum absolute atomic E-state index is 0.0266. The molecule has 35 heavy (non-hydrogen) atoms. The molecule has 0 saturated heterocycles. The van der Waals surface area contributed by atoms with Gasteiger partial charge in [-0.25, -0.2) is 9.59 Å². The SMILES string of the molecule is C=C(COC)C(=O)CC[C@H](OC(=O)c1ccccc1-c1ccccc1C(=O)O)c1ccc(CO)o1. The summed E-state index contributed by atoms with van der Waals surface area (Å²) in [6, 6.07) is 16.0. The van der Waals surface area contributed by atoms with E-state index < -0.39 is 18.0 Å². The van der Waals surface area contributed by atoms with Crippen LogP contribution in [0.3, 0.4) is 0 Å². The number of esters is 1. The molecule has 0 aliphatic carbocycles. The number of aliphatic hydroxyl groups excluding tert-OH is 1. The lowest BCUT2D eigenvalue weighted by Crippen LogP contribution is -2.15. The summed E-state index contributed by atoms with van der Waals surface area (Å²) >= 11 is 0. The van der Waals surface area contributed by atoms with Crippen LogP contribution in [0.2, 0.25) is 0 Å². The Morgan fingerprint density at radius 1 is 0.971 bits per heavy atom. The number of ketones is 1. The lowest BCUT2D eigenvalue weighted by molar-refractivity contribution is -0.116. The molecular formula is C27H26O8. The zero-order valence-electron chi connectivity index (χ0n) is 19.2. The molecule has 0 radical (unpaired) electrons. The number of Topliss-reactive ketones (excluding diaryl/α,β-unsaturated/α-hetero) is 1. The molecule has 0 amide bonds. The second kappa shape index (κ2) is 11.9. The molecule has 8 nitrogen and oxygen atoms in total. The van der Waals surface area contributed by atoms with Crippen LogP contribution in [0.15, 0.2) is 77.2 Å². The van der Waals surface area contributed by atoms with Crippen molar-refractivity contribution in [3.63, 3.8) is 0 Å². The maximum atomic E-state index is 13.3. The summed E-state index contributed by atoms with van der Waals surface area (Å²) in [4.78, 5) is 37.4. The number of benzene rings is 2. The third-order valence-electron chi connectivity index (χ3n) is 5.35. The summed E-state index contributed by atoms with van der Waals surface area (Å²) in [5.41, 5.74) is 1.27. The van der Waals surface area contributed by atoms with E-state index in [1.807, 2.05) is 0 Å². The summed E-state index contributed by atoms with van der Waals surface area (Å²) in [6.07, 6.45) is -0.789. The minimum atomic E-state index is -1.12. The Morgan fingerprint density at radius 3 is 2.20 bits per heavy atom. The molecule has 1 aromatic heterocycles. The van der Waals surface area contributed by atoms with Gasteiger partial charge in [0.15, 0.2) is 11.9 Å². The maximum Gasteiger partial charge on any atom is 0.339 e. The van der Waals surface area contributed by atoms with Crippen molar-refractivity contribution in [3.8, 4) is 11.1 Å². The van der Waals surface area contributed by atoms with Crippen LogP contribution in [0.5, 0.6) is 0 Å². The van der Waals surface area contributed by atoms with Crippen LogP contribution in [0.25, 0.3) is 11.1 Å². The first-order valence-corrected chi connectivity index (χ1v) is 10.9. The van der Waals surface area contributed by atoms with Gasteiger partial charge in [-0.15, -0.1) is 0 Å². The van der Waals surface area contributed by atoms with Crippen molar-refractivity contribution in [1.82, 2.24) is 0 Å². The highest BCUT2D eigenvalue weighted by Crippen LogP contribution is 2.31. The summed E-state index contributed by atoms with van der Waals surface area (Å²) < 4.78 is 16.3. The summed E-state index contributed by atoms with van der Waals surface area (Å²) in [7, 11) is 1.46. The van der Waals surface area contributed by atoms with Crippen molar-refractivity contribution in [3.05, 3.63) is 95.5 Å². The van der Waals surface area contributed by atoms with Gasteiger partial charge in [0.25, 0.3) is 0 Å². The molecule has 0 bridgehead atoms. The molecular weight excluding hydrogens is 452 g/mol. The van der Waals surface area contributed by atoms with Gasteiger partial charge in [-0.1, -0.05) is 43.0 Å². The summed E-state index contributed by atoms with van der Waals surface area (Å²) in [6.45, 7) is 3.46. The average Bonchev–Trinajstić information content (AvgIpc) is 3.35. The lowest BCUT2D eigenvalue weighted by atomic mass is 9.95. The number of hydrogen-bond donors (Lipinski definition) is 2. The molecule has 0 unspecified atom stereocenters. The Morgan fingerprint density at radius 2 is 1.60 bits per heavy atom. The number of carboxylic acids is 1. The average molecular weight is 478 g/mol. The fourth-order valence-electron chi connectivity index (χ4n) is 3.60. The third-order valence-corrected chi connectivity index (χ3v) is 5.35. The molecule has 0 spiro atoms. The fraction of sp³-hybridized carbons (Fsp3) is 0.222. The Balaban J connectivity index is 1.90. The molecule has 1 atom stereocenters. The van der Waals surface area contributed by atoms with Crippen LogP contribution in [0.4, 0.5) is 0 Å². The van der Waals surface area contributed by atoms with Crippen molar-refractivity contribution < 1.29 is 38.5 Å². The van der Waals surface area contributed by atoms with Gasteiger partial charge in [-0.05, 0) is 41.8 Å². The van der Waals surface area contributed by atoms with Crippen molar-refractivity contribution in [2.75, 3.05) is 13.7 Å². The number of furan rings is 1. The van der Waals surface area contributed by atoms with Gasteiger partial charge in [0.2, 0.25) is 0 Å². The normalized spacial score (nSPS) is 11.6. The highest BCUT2D eigenvalue weighted by Gasteiger charge is 2.25. The van der Waals surface area contributed by atoms with Gasteiger partial charge in [0.05, 0.1) is 17.7 Å². The Kier molecular flexibility index (Phi) is 8.72. The smallest absolute Gasteiger partial charge is 0.339 e. The molecule has 2 N–H and O–H groups in total. The van der Waals surface area contributed by atoms with E-state index in [1.54, 1.807) is 54.6 Å². The summed E-state index contributed by atoms with van der Waals surface area (Å²) in [5.74, 6) is -1.51. The van der Waals surface area contributed by atoms with Crippen molar-refractivity contribution >= 4 is 17.7 Å². The van der Waals surface area contributed by atoms with Crippen molar-refractivity contribution in [2.24, 2.45) is 0 Å². The van der Waals surface area contributed by atoms with Crippen LogP contribution in [0, 0.1) is 0 Å². The van der Waals surface area contributed by atoms with E-state index in [4.69, 9.17) is 13.9 Å². The van der Waals surface area contributed by atoms with Gasteiger partial charge < -0.3 is 24.1 Å². The van der Waals surface area contributed by atoms with Gasteiger partial charge in [-0.2, -0.15) is 0 Å². The molecule has 8 heteroatoms. The zero-order chi connectivity index (χ0) is 25.4. The quantitative estimate of drug-likeness (QED) is 0.286. The molecule has 2 aromatic carbocycles. The second-order valence-corrected chi connectivity index (χ2v) is 7.75. The van der Waals surface area contributed by atoms with Gasteiger partial charge in [0.1, 0.15) is 18.1 Å². The Hall–Kier alpha value is -4.01. The second-order valence-electron chi connectivity index (χ2n) is 7.75. The number of aliphatic hydroxyl groups is 1. The monoisotopic (exact) mass is 478 g/mol. The molecule has 1 heterocycles. The van der Waals surface area contributed by atoms with E-state index in [-0.39, 0.29) is 54.5 Å². The molecule has 0 aliphatic heterocycles. The number of methoxy groups -OCH3 is 1. The molecule has 0 aliphatic rings. The topological polar surface area (TPSA) is 123 Å². The predicted molar refractivity (Wildman–Crippen MR) is 127 cm³/mol. The Labute approximate surface area is 202 Å². The molecule has 0 fully saturated rings. The van der Waals surface area contributed by atoms with Crippen molar-refractivity contribution in [2.45, 2.75) is 25.6 Å². The molecule has 0 saturated carbocycles. The van der Waals surface area contributed by atoms with E-state index in [9.17, 15) is 24.6 Å². The van der Waals surface area contributed by atoms with Gasteiger partial charge in [-0.3, -0.25) is 4.79 Å². The fourth-order valence-corrected chi connectivity index (χ4v) is 3.60. The van der Waals surface area contributed by atoms with Crippen LogP contribution >= 0.6 is 0 Å². The predicted octanol–water partition coefficient (Wildman–Crippen LogP) is 4.59. The van der Waals surface area contributed by atoms with E-state index in [2.05, 4.69) is 6.58 Å². The molecule has 3 aromatic rings. The van der Waals surface area contributed by atoms with Crippen molar-refractivity contribution in [1.29, 1.82) is 0 Å². The number of ether oxygens (including phenoxy) is 2. The van der Waals surface area contributed by atoms with Crippen LogP contribution < -0.4 is 0 Å². The van der Waals surface area contributed by atoms with Gasteiger partial charge >= 0.3 is 11.9 Å². The lowest BCUT2D eigenvalue weighted by Gasteiger charge is -2.18. The van der Waals surface area contributed by atoms with Crippen LogP contribution in [-0.2, 0) is 20.9 Å². The van der Waals surface area contributed by atoms with Gasteiger partial charge in [0, 0.05) is 19.1 Å². The number of hydrogen-bond acceptors (Lipinski definition) is 7. The van der Waals surface area contributed by atoms with E-state index >= 15 is 0 Å². The number of carbonyl (C=O) groups is 3. The maximum absolute atomic E-state index is 13.3. The minimum Gasteiger partial charge on any atom is -0.478 e. The van der Waals surface area contributed by atoms with E-state index in [1.165, 1.54) is 13.2 Å². The van der Waals surface area contributed by atoms with E-state index in [0.717, 1.165) is 0 Å². The van der Waals surface area contributed by atoms with E-state index in [0.29, 0.717) is 16.7 Å². The summed E-state index contributed by atoms with van der Waals surface area (Å²) in [5, 5.41) is 18.9. The number of carboxylic acid groups (broad SMARTS) is 1. The van der Waals surface area contributed by atoms with Crippen LogP contribution in [-0.4, -0.2) is 41.7 Å². The number of rotatable bonds is 12.